The van der Waals surface area contributed by atoms with E-state index in [4.69, 9.17) is 34.8 Å². The molecular formula is C16H16Cl3N5O. The first-order valence-electron chi connectivity index (χ1n) is 7.96. The first-order chi connectivity index (χ1) is 11.9. The molecule has 1 fully saturated rings. The fraction of sp³-hybridized carbons (Fsp3) is 0.375. The number of halogens is 3. The van der Waals surface area contributed by atoms with Gasteiger partial charge in [0.1, 0.15) is 17.7 Å². The van der Waals surface area contributed by atoms with Gasteiger partial charge >= 0.3 is 6.03 Å². The number of carbonyl (C=O) groups is 1. The highest BCUT2D eigenvalue weighted by Crippen LogP contribution is 2.38. The van der Waals surface area contributed by atoms with Gasteiger partial charge in [-0.05, 0) is 18.6 Å². The van der Waals surface area contributed by atoms with Gasteiger partial charge in [-0.3, -0.25) is 9.80 Å². The quantitative estimate of drug-likeness (QED) is 0.746. The van der Waals surface area contributed by atoms with E-state index in [2.05, 4.69) is 22.5 Å². The minimum Gasteiger partial charge on any atom is -0.365 e. The van der Waals surface area contributed by atoms with Crippen molar-refractivity contribution in [2.24, 2.45) is 4.99 Å². The molecule has 132 valence electrons. The second-order valence-electron chi connectivity index (χ2n) is 6.22. The average molecular weight is 401 g/mol. The van der Waals surface area contributed by atoms with Crippen molar-refractivity contribution >= 4 is 46.7 Å². The predicted octanol–water partition coefficient (Wildman–Crippen LogP) is 3.57. The summed E-state index contributed by atoms with van der Waals surface area (Å²) in [5, 5.41) is 8.00. The van der Waals surface area contributed by atoms with Gasteiger partial charge in [-0.1, -0.05) is 41.7 Å². The lowest BCUT2D eigenvalue weighted by molar-refractivity contribution is 0.196. The maximum Gasteiger partial charge on any atom is 0.331 e. The summed E-state index contributed by atoms with van der Waals surface area (Å²) in [6.45, 7) is 2.73. The zero-order valence-corrected chi connectivity index (χ0v) is 15.9. The summed E-state index contributed by atoms with van der Waals surface area (Å²) in [5.41, 5.74) is 1.46. The standard InChI is InChI=1S/C16H16Cl3N5O/c1-3-8-6-24-15(20-8)12-14(23(2)16(24)25)22-13(21-12)9-4-7(17)5-10(18)11(9)19/h4-5,8,13,20-21H,3,6H2,1-2H3. The monoisotopic (exact) mass is 399 g/mol. The van der Waals surface area contributed by atoms with Crippen molar-refractivity contribution in [1.82, 2.24) is 20.4 Å². The van der Waals surface area contributed by atoms with Gasteiger partial charge in [0.05, 0.1) is 10.0 Å². The third-order valence-corrected chi connectivity index (χ3v) is 5.69. The number of likely N-dealkylation sites (N-methyl/N-ethyl adjacent to an activating group) is 1. The minimum atomic E-state index is -0.459. The summed E-state index contributed by atoms with van der Waals surface area (Å²) in [6, 6.07) is 3.45. The number of nitrogens with zero attached hydrogens (tertiary/aromatic N) is 3. The number of fused-ring (bicyclic) bond motifs is 2. The van der Waals surface area contributed by atoms with Gasteiger partial charge in [-0.25, -0.2) is 9.79 Å². The fourth-order valence-corrected chi connectivity index (χ4v) is 4.00. The maximum atomic E-state index is 12.6. The zero-order valence-electron chi connectivity index (χ0n) is 13.6. The molecule has 0 aromatic heterocycles. The van der Waals surface area contributed by atoms with Crippen LogP contribution in [0.25, 0.3) is 0 Å². The Bertz CT molecular complexity index is 837. The first-order valence-corrected chi connectivity index (χ1v) is 9.09. The molecule has 9 heteroatoms. The van der Waals surface area contributed by atoms with Crippen LogP contribution in [0.4, 0.5) is 4.79 Å². The van der Waals surface area contributed by atoms with Crippen molar-refractivity contribution in [2.75, 3.05) is 13.6 Å². The van der Waals surface area contributed by atoms with Crippen LogP contribution < -0.4 is 10.6 Å². The van der Waals surface area contributed by atoms with Gasteiger partial charge < -0.3 is 10.6 Å². The van der Waals surface area contributed by atoms with E-state index in [9.17, 15) is 4.79 Å². The number of rotatable bonds is 2. The van der Waals surface area contributed by atoms with Crippen LogP contribution in [-0.2, 0) is 0 Å². The van der Waals surface area contributed by atoms with Crippen molar-refractivity contribution < 1.29 is 4.79 Å². The Labute approximate surface area is 160 Å². The normalized spacial score (nSPS) is 24.8. The summed E-state index contributed by atoms with van der Waals surface area (Å²) in [5.74, 6) is 1.35. The van der Waals surface area contributed by atoms with Gasteiger partial charge in [0.15, 0.2) is 5.84 Å². The molecule has 2 atom stereocenters. The number of nitrogens with one attached hydrogen (secondary N) is 2. The van der Waals surface area contributed by atoms with E-state index in [1.165, 1.54) is 0 Å². The highest BCUT2D eigenvalue weighted by atomic mass is 35.5. The molecule has 0 bridgehead atoms. The molecule has 0 saturated carbocycles. The van der Waals surface area contributed by atoms with Crippen LogP contribution in [0.3, 0.4) is 0 Å². The van der Waals surface area contributed by atoms with E-state index in [0.717, 1.165) is 17.9 Å². The van der Waals surface area contributed by atoms with Crippen LogP contribution in [0.15, 0.2) is 28.6 Å². The molecule has 1 aromatic rings. The SMILES string of the molecule is CCC1CN2C(=O)N(C)C3=NC(c4cc(Cl)cc(Cl)c4Cl)NC3=C2N1. The Hall–Kier alpha value is -1.63. The summed E-state index contributed by atoms with van der Waals surface area (Å²) < 4.78 is 0. The summed E-state index contributed by atoms with van der Waals surface area (Å²) in [7, 11) is 1.72. The second-order valence-corrected chi connectivity index (χ2v) is 7.44. The number of hydrogen-bond acceptors (Lipinski definition) is 4. The number of hydrogen-bond donors (Lipinski definition) is 2. The van der Waals surface area contributed by atoms with E-state index in [0.29, 0.717) is 33.0 Å². The lowest BCUT2D eigenvalue weighted by Crippen LogP contribution is -2.49. The Morgan fingerprint density at radius 2 is 2.04 bits per heavy atom. The molecular weight excluding hydrogens is 385 g/mol. The highest BCUT2D eigenvalue weighted by Gasteiger charge is 2.44. The van der Waals surface area contributed by atoms with Crippen LogP contribution >= 0.6 is 34.8 Å². The zero-order chi connectivity index (χ0) is 17.9. The smallest absolute Gasteiger partial charge is 0.331 e. The molecule has 0 aliphatic carbocycles. The molecule has 2 unspecified atom stereocenters. The molecule has 25 heavy (non-hydrogen) atoms. The van der Waals surface area contributed by atoms with Gasteiger partial charge in [0, 0.05) is 30.2 Å². The van der Waals surface area contributed by atoms with Crippen molar-refractivity contribution in [2.45, 2.75) is 25.6 Å². The van der Waals surface area contributed by atoms with Gasteiger partial charge in [0.25, 0.3) is 0 Å². The van der Waals surface area contributed by atoms with E-state index in [1.807, 2.05) is 0 Å². The highest BCUT2D eigenvalue weighted by molar-refractivity contribution is 6.43. The molecule has 1 saturated heterocycles. The molecule has 4 rings (SSSR count). The largest absolute Gasteiger partial charge is 0.365 e. The molecule has 0 spiro atoms. The van der Waals surface area contributed by atoms with Gasteiger partial charge in [0.2, 0.25) is 0 Å². The van der Waals surface area contributed by atoms with Crippen LogP contribution in [0.5, 0.6) is 0 Å². The third-order valence-electron chi connectivity index (χ3n) is 4.65. The molecule has 3 heterocycles. The fourth-order valence-electron chi connectivity index (χ4n) is 3.28. The molecule has 3 aliphatic rings. The maximum absolute atomic E-state index is 12.6. The topological polar surface area (TPSA) is 60.0 Å². The lowest BCUT2D eigenvalue weighted by atomic mass is 10.2. The number of carbonyl (C=O) groups excluding carboxylic acids is 1. The van der Waals surface area contributed by atoms with Crippen LogP contribution in [0, 0.1) is 0 Å². The average Bonchev–Trinajstić information content (AvgIpc) is 3.20. The van der Waals surface area contributed by atoms with Crippen molar-refractivity contribution in [1.29, 1.82) is 0 Å². The number of benzene rings is 1. The van der Waals surface area contributed by atoms with Crippen molar-refractivity contribution in [3.63, 3.8) is 0 Å². The van der Waals surface area contributed by atoms with Gasteiger partial charge in [-0.2, -0.15) is 0 Å². The molecule has 0 radical (unpaired) electrons. The van der Waals surface area contributed by atoms with E-state index < -0.39 is 6.17 Å². The first kappa shape index (κ1) is 16.8. The minimum absolute atomic E-state index is 0.0985. The van der Waals surface area contributed by atoms with E-state index in [-0.39, 0.29) is 12.1 Å². The van der Waals surface area contributed by atoms with Crippen molar-refractivity contribution in [3.8, 4) is 0 Å². The molecule has 1 aromatic carbocycles. The van der Waals surface area contributed by atoms with E-state index >= 15 is 0 Å². The van der Waals surface area contributed by atoms with Crippen molar-refractivity contribution in [3.05, 3.63) is 44.3 Å². The Balaban J connectivity index is 1.78. The van der Waals surface area contributed by atoms with Crippen LogP contribution in [0.2, 0.25) is 15.1 Å². The molecule has 2 amide bonds. The Morgan fingerprint density at radius 1 is 1.28 bits per heavy atom. The lowest BCUT2D eigenvalue weighted by Gasteiger charge is -2.31. The Morgan fingerprint density at radius 3 is 2.76 bits per heavy atom. The summed E-state index contributed by atoms with van der Waals surface area (Å²) in [6.07, 6.45) is 0.467. The van der Waals surface area contributed by atoms with Gasteiger partial charge in [-0.15, -0.1) is 0 Å². The predicted molar refractivity (Wildman–Crippen MR) is 98.9 cm³/mol. The number of urea groups is 1. The van der Waals surface area contributed by atoms with Crippen LogP contribution in [0.1, 0.15) is 25.1 Å². The summed E-state index contributed by atoms with van der Waals surface area (Å²) >= 11 is 18.6. The van der Waals surface area contributed by atoms with E-state index in [1.54, 1.807) is 29.0 Å². The molecule has 2 N–H and O–H groups in total. The molecule has 6 nitrogen and oxygen atoms in total. The second kappa shape index (κ2) is 5.97. The number of aliphatic imine (C=N–C) groups is 1. The molecule has 3 aliphatic heterocycles. The third kappa shape index (κ3) is 2.55. The summed E-state index contributed by atoms with van der Waals surface area (Å²) in [4.78, 5) is 20.6. The Kier molecular flexibility index (Phi) is 4.02. The number of amides is 2. The van der Waals surface area contributed by atoms with Crippen LogP contribution in [-0.4, -0.2) is 41.3 Å². The number of amidine groups is 1.